The molecule has 0 aliphatic carbocycles. The van der Waals surface area contributed by atoms with Gasteiger partial charge >= 0.3 is 0 Å². The molecule has 0 bridgehead atoms. The maximum absolute atomic E-state index is 13.3. The minimum atomic E-state index is -0.495. The van der Waals surface area contributed by atoms with E-state index in [2.05, 4.69) is 5.32 Å². The lowest BCUT2D eigenvalue weighted by molar-refractivity contribution is -0.124. The number of nitrogens with zero attached hydrogens (tertiary/aromatic N) is 2. The lowest BCUT2D eigenvalue weighted by atomic mass is 10.1. The normalized spacial score (nSPS) is 18.4. The fourth-order valence-corrected chi connectivity index (χ4v) is 4.47. The minimum absolute atomic E-state index is 0.125. The molecule has 1 N–H and O–H groups in total. The molecule has 29 heavy (non-hydrogen) atoms. The number of aryl methyl sites for hydroxylation is 3. The molecule has 1 fully saturated rings. The molecule has 1 saturated heterocycles. The summed E-state index contributed by atoms with van der Waals surface area (Å²) < 4.78 is 0. The van der Waals surface area contributed by atoms with Crippen LogP contribution in [-0.2, 0) is 9.59 Å². The number of hydrogen-bond donors (Lipinski definition) is 1. The third-order valence-electron chi connectivity index (χ3n) is 5.73. The number of rotatable bonds is 3. The second-order valence-electron chi connectivity index (χ2n) is 7.92. The van der Waals surface area contributed by atoms with Crippen molar-refractivity contribution < 1.29 is 14.4 Å². The predicted molar refractivity (Wildman–Crippen MR) is 112 cm³/mol. The molecule has 0 saturated carbocycles. The monoisotopic (exact) mass is 391 g/mol. The van der Waals surface area contributed by atoms with Crippen LogP contribution >= 0.6 is 0 Å². The summed E-state index contributed by atoms with van der Waals surface area (Å²) in [5, 5.41) is 2.96. The lowest BCUT2D eigenvalue weighted by Crippen LogP contribution is -2.47. The number of fused-ring (bicyclic) bond motifs is 2. The van der Waals surface area contributed by atoms with E-state index in [1.807, 2.05) is 32.9 Å². The predicted octanol–water partition coefficient (Wildman–Crippen LogP) is 3.20. The van der Waals surface area contributed by atoms with Crippen molar-refractivity contribution in [2.45, 2.75) is 39.7 Å². The fraction of sp³-hybridized carbons (Fsp3) is 0.348. The van der Waals surface area contributed by atoms with Gasteiger partial charge < -0.3 is 15.1 Å². The molecular formula is C23H25N3O3. The third-order valence-corrected chi connectivity index (χ3v) is 5.73. The van der Waals surface area contributed by atoms with Crippen LogP contribution in [0.15, 0.2) is 36.4 Å². The Bertz CT molecular complexity index is 991. The van der Waals surface area contributed by atoms with E-state index < -0.39 is 6.04 Å². The summed E-state index contributed by atoms with van der Waals surface area (Å²) in [6, 6.07) is 10.6. The van der Waals surface area contributed by atoms with Gasteiger partial charge in [0.1, 0.15) is 12.6 Å². The van der Waals surface area contributed by atoms with E-state index in [4.69, 9.17) is 0 Å². The Balaban J connectivity index is 1.65. The summed E-state index contributed by atoms with van der Waals surface area (Å²) in [5.41, 5.74) is 4.85. The SMILES string of the molecule is Cc1cc(C)c(NC(=O)CN2C(=O)C3CCCN3C(=O)c3ccccc32)c(C)c1. The average Bonchev–Trinajstić information content (AvgIpc) is 3.15. The highest BCUT2D eigenvalue weighted by Gasteiger charge is 2.42. The summed E-state index contributed by atoms with van der Waals surface area (Å²) in [6.07, 6.45) is 1.43. The molecule has 4 rings (SSSR count). The first kappa shape index (κ1) is 19.2. The van der Waals surface area contributed by atoms with Crippen molar-refractivity contribution in [1.82, 2.24) is 4.90 Å². The lowest BCUT2D eigenvalue weighted by Gasteiger charge is -2.25. The largest absolute Gasteiger partial charge is 0.327 e. The zero-order valence-electron chi connectivity index (χ0n) is 17.0. The van der Waals surface area contributed by atoms with Crippen molar-refractivity contribution >= 4 is 29.1 Å². The minimum Gasteiger partial charge on any atom is -0.327 e. The number of para-hydroxylation sites is 1. The van der Waals surface area contributed by atoms with Crippen molar-refractivity contribution in [3.05, 3.63) is 58.7 Å². The van der Waals surface area contributed by atoms with Gasteiger partial charge in [0.2, 0.25) is 11.8 Å². The van der Waals surface area contributed by atoms with Crippen molar-refractivity contribution in [2.75, 3.05) is 23.3 Å². The van der Waals surface area contributed by atoms with Crippen LogP contribution in [0.2, 0.25) is 0 Å². The third kappa shape index (κ3) is 3.39. The van der Waals surface area contributed by atoms with Gasteiger partial charge in [-0.15, -0.1) is 0 Å². The van der Waals surface area contributed by atoms with E-state index >= 15 is 0 Å². The molecule has 6 heteroatoms. The van der Waals surface area contributed by atoms with E-state index in [9.17, 15) is 14.4 Å². The maximum Gasteiger partial charge on any atom is 0.256 e. The number of nitrogens with one attached hydrogen (secondary N) is 1. The van der Waals surface area contributed by atoms with E-state index in [-0.39, 0.29) is 24.3 Å². The van der Waals surface area contributed by atoms with Gasteiger partial charge in [-0.25, -0.2) is 0 Å². The Morgan fingerprint density at radius 3 is 2.52 bits per heavy atom. The zero-order valence-corrected chi connectivity index (χ0v) is 17.0. The van der Waals surface area contributed by atoms with Gasteiger partial charge in [-0.05, 0) is 56.9 Å². The van der Waals surface area contributed by atoms with Gasteiger partial charge in [0.05, 0.1) is 11.3 Å². The van der Waals surface area contributed by atoms with Crippen LogP contribution < -0.4 is 10.2 Å². The molecule has 2 aliphatic rings. The summed E-state index contributed by atoms with van der Waals surface area (Å²) in [7, 11) is 0. The Labute approximate surface area is 170 Å². The second kappa shape index (κ2) is 7.35. The summed E-state index contributed by atoms with van der Waals surface area (Å²) in [6.45, 7) is 6.38. The second-order valence-corrected chi connectivity index (χ2v) is 7.92. The highest BCUT2D eigenvalue weighted by molar-refractivity contribution is 6.13. The Hall–Kier alpha value is -3.15. The Morgan fingerprint density at radius 1 is 1.10 bits per heavy atom. The number of amides is 3. The van der Waals surface area contributed by atoms with E-state index in [1.54, 1.807) is 29.2 Å². The molecule has 2 heterocycles. The molecule has 2 aliphatic heterocycles. The van der Waals surface area contributed by atoms with Gasteiger partial charge in [-0.1, -0.05) is 29.8 Å². The topological polar surface area (TPSA) is 69.7 Å². The average molecular weight is 391 g/mol. The van der Waals surface area contributed by atoms with Crippen LogP contribution in [-0.4, -0.2) is 41.8 Å². The van der Waals surface area contributed by atoms with Gasteiger partial charge in [0.15, 0.2) is 0 Å². The van der Waals surface area contributed by atoms with Crippen LogP contribution in [0.1, 0.15) is 39.9 Å². The van der Waals surface area contributed by atoms with Gasteiger partial charge in [0.25, 0.3) is 5.91 Å². The molecule has 1 unspecified atom stereocenters. The van der Waals surface area contributed by atoms with E-state index in [0.29, 0.717) is 24.2 Å². The van der Waals surface area contributed by atoms with Crippen LogP contribution in [0, 0.1) is 20.8 Å². The zero-order chi connectivity index (χ0) is 20.7. The molecule has 1 atom stereocenters. The van der Waals surface area contributed by atoms with Crippen molar-refractivity contribution in [3.8, 4) is 0 Å². The van der Waals surface area contributed by atoms with E-state index in [0.717, 1.165) is 28.8 Å². The first-order valence-corrected chi connectivity index (χ1v) is 9.96. The van der Waals surface area contributed by atoms with E-state index in [1.165, 1.54) is 4.90 Å². The highest BCUT2D eigenvalue weighted by Crippen LogP contribution is 2.32. The number of benzene rings is 2. The first-order valence-electron chi connectivity index (χ1n) is 9.96. The van der Waals surface area contributed by atoms with Crippen molar-refractivity contribution in [3.63, 3.8) is 0 Å². The molecule has 3 amide bonds. The fourth-order valence-electron chi connectivity index (χ4n) is 4.47. The summed E-state index contributed by atoms with van der Waals surface area (Å²) in [4.78, 5) is 42.2. The van der Waals surface area contributed by atoms with Gasteiger partial charge in [0, 0.05) is 12.2 Å². The number of carbonyl (C=O) groups excluding carboxylic acids is 3. The maximum atomic E-state index is 13.3. The van der Waals surface area contributed by atoms with Crippen LogP contribution in [0.5, 0.6) is 0 Å². The van der Waals surface area contributed by atoms with Crippen molar-refractivity contribution in [1.29, 1.82) is 0 Å². The smallest absolute Gasteiger partial charge is 0.256 e. The molecule has 2 aromatic rings. The standard InChI is InChI=1S/C23H25N3O3/c1-14-11-15(2)21(16(3)12-14)24-20(27)13-26-18-8-5-4-7-17(18)22(28)25-10-6-9-19(25)23(26)29/h4-5,7-8,11-12,19H,6,9-10,13H2,1-3H3,(H,24,27). The molecule has 0 spiro atoms. The number of carbonyl (C=O) groups is 3. The van der Waals surface area contributed by atoms with Gasteiger partial charge in [-0.3, -0.25) is 14.4 Å². The molecule has 0 aromatic heterocycles. The Morgan fingerprint density at radius 2 is 1.79 bits per heavy atom. The van der Waals surface area contributed by atoms with Gasteiger partial charge in [-0.2, -0.15) is 0 Å². The first-order chi connectivity index (χ1) is 13.9. The molecule has 0 radical (unpaired) electrons. The molecule has 150 valence electrons. The highest BCUT2D eigenvalue weighted by atomic mass is 16.2. The number of anilines is 2. The molecular weight excluding hydrogens is 366 g/mol. The van der Waals surface area contributed by atoms with Crippen LogP contribution in [0.25, 0.3) is 0 Å². The van der Waals surface area contributed by atoms with Crippen LogP contribution in [0.3, 0.4) is 0 Å². The van der Waals surface area contributed by atoms with Crippen LogP contribution in [0.4, 0.5) is 11.4 Å². The molecule has 2 aromatic carbocycles. The summed E-state index contributed by atoms with van der Waals surface area (Å²) >= 11 is 0. The quantitative estimate of drug-likeness (QED) is 0.874. The number of hydrogen-bond acceptors (Lipinski definition) is 3. The summed E-state index contributed by atoms with van der Waals surface area (Å²) in [5.74, 6) is -0.597. The van der Waals surface area contributed by atoms with Crippen molar-refractivity contribution in [2.24, 2.45) is 0 Å². The molecule has 6 nitrogen and oxygen atoms in total. The Kier molecular flexibility index (Phi) is 4.86.